The normalized spacial score (nSPS) is 18.8. The van der Waals surface area contributed by atoms with Gasteiger partial charge in [-0.3, -0.25) is 10.1 Å². The molecule has 1 fully saturated rings. The van der Waals surface area contributed by atoms with Crippen LogP contribution in [0.25, 0.3) is 0 Å². The molecule has 2 atom stereocenters. The number of rotatable bonds is 5. The summed E-state index contributed by atoms with van der Waals surface area (Å²) in [4.78, 5) is 12.4. The van der Waals surface area contributed by atoms with E-state index in [1.807, 2.05) is 30.3 Å². The summed E-state index contributed by atoms with van der Waals surface area (Å²) in [5.41, 5.74) is 0.448. The number of hydrogen-bond acceptors (Lipinski definition) is 5. The molecule has 132 valence electrons. The maximum absolute atomic E-state index is 14.0. The van der Waals surface area contributed by atoms with Crippen molar-refractivity contribution in [3.8, 4) is 0 Å². The smallest absolute Gasteiger partial charge is 0.327 e. The third-order valence-electron chi connectivity index (χ3n) is 4.36. The van der Waals surface area contributed by atoms with Crippen LogP contribution in [0.3, 0.4) is 0 Å². The van der Waals surface area contributed by atoms with Crippen LogP contribution in [0.4, 0.5) is 15.8 Å². The number of morpholine rings is 1. The summed E-state index contributed by atoms with van der Waals surface area (Å²) < 4.78 is 19.4. The van der Waals surface area contributed by atoms with Crippen LogP contribution in [-0.2, 0) is 4.74 Å². The molecule has 0 spiro atoms. The van der Waals surface area contributed by atoms with Gasteiger partial charge in [-0.25, -0.2) is 0 Å². The van der Waals surface area contributed by atoms with Gasteiger partial charge in [-0.05, 0) is 17.7 Å². The average Bonchev–Trinajstić information content (AvgIpc) is 2.62. The lowest BCUT2D eigenvalue weighted by molar-refractivity contribution is -0.386. The molecule has 0 saturated carbocycles. The van der Waals surface area contributed by atoms with Gasteiger partial charge in [0.05, 0.1) is 30.3 Å². The van der Waals surface area contributed by atoms with Crippen LogP contribution < -0.4 is 4.90 Å². The minimum absolute atomic E-state index is 0.221. The van der Waals surface area contributed by atoms with E-state index in [1.54, 1.807) is 4.90 Å². The molecular weight excluding hydrogens is 327 g/mol. The van der Waals surface area contributed by atoms with Crippen LogP contribution in [-0.4, -0.2) is 35.8 Å². The minimum Gasteiger partial charge on any atom is -0.388 e. The summed E-state index contributed by atoms with van der Waals surface area (Å²) in [5, 5.41) is 21.8. The molecule has 0 radical (unpaired) electrons. The Morgan fingerprint density at radius 2 is 2.04 bits per heavy atom. The van der Waals surface area contributed by atoms with Gasteiger partial charge >= 0.3 is 5.69 Å². The molecule has 0 aromatic heterocycles. The number of nitro benzene ring substituents is 1. The summed E-state index contributed by atoms with van der Waals surface area (Å²) in [6, 6.07) is 13.0. The molecule has 2 aromatic carbocycles. The van der Waals surface area contributed by atoms with Gasteiger partial charge in [0.1, 0.15) is 5.69 Å². The molecule has 0 unspecified atom stereocenters. The Morgan fingerprint density at radius 1 is 1.28 bits per heavy atom. The van der Waals surface area contributed by atoms with Crippen LogP contribution in [0.2, 0.25) is 0 Å². The highest BCUT2D eigenvalue weighted by molar-refractivity contribution is 5.64. The van der Waals surface area contributed by atoms with E-state index in [0.29, 0.717) is 26.2 Å². The third kappa shape index (κ3) is 3.78. The number of benzene rings is 2. The molecule has 6 nitrogen and oxygen atoms in total. The van der Waals surface area contributed by atoms with Crippen molar-refractivity contribution in [2.24, 2.45) is 0 Å². The number of anilines is 1. The van der Waals surface area contributed by atoms with Crippen molar-refractivity contribution in [1.82, 2.24) is 0 Å². The number of nitro groups is 1. The van der Waals surface area contributed by atoms with Gasteiger partial charge < -0.3 is 14.7 Å². The monoisotopic (exact) mass is 346 g/mol. The van der Waals surface area contributed by atoms with Crippen molar-refractivity contribution in [2.45, 2.75) is 18.6 Å². The van der Waals surface area contributed by atoms with E-state index >= 15 is 0 Å². The highest BCUT2D eigenvalue weighted by Gasteiger charge is 2.32. The third-order valence-corrected chi connectivity index (χ3v) is 4.36. The lowest BCUT2D eigenvalue weighted by Crippen LogP contribution is -2.46. The maximum Gasteiger partial charge on any atom is 0.327 e. The molecule has 1 aliphatic heterocycles. The van der Waals surface area contributed by atoms with E-state index < -0.39 is 22.5 Å². The molecule has 1 N–H and O–H groups in total. The number of para-hydroxylation sites is 1. The van der Waals surface area contributed by atoms with E-state index in [2.05, 4.69) is 0 Å². The van der Waals surface area contributed by atoms with Crippen molar-refractivity contribution < 1.29 is 19.2 Å². The summed E-state index contributed by atoms with van der Waals surface area (Å²) in [6.07, 6.45) is -0.402. The van der Waals surface area contributed by atoms with Gasteiger partial charge in [0, 0.05) is 13.0 Å². The van der Waals surface area contributed by atoms with E-state index in [1.165, 1.54) is 12.1 Å². The number of aliphatic hydroxyl groups is 1. The number of nitrogens with zero attached hydrogens (tertiary/aromatic N) is 2. The number of aliphatic hydroxyl groups excluding tert-OH is 1. The van der Waals surface area contributed by atoms with E-state index in [-0.39, 0.29) is 11.7 Å². The molecule has 3 rings (SSSR count). The Hall–Kier alpha value is -2.51. The summed E-state index contributed by atoms with van der Waals surface area (Å²) in [7, 11) is 0. The SMILES string of the molecule is O=[N+]([O-])c1c(F)cccc1N1CCOC[C@@H]1C[C@@H](O)c1ccccc1. The molecule has 1 saturated heterocycles. The fraction of sp³-hybridized carbons (Fsp3) is 0.333. The highest BCUT2D eigenvalue weighted by atomic mass is 19.1. The van der Waals surface area contributed by atoms with Crippen LogP contribution >= 0.6 is 0 Å². The molecule has 0 aliphatic carbocycles. The molecule has 1 aliphatic rings. The predicted molar refractivity (Wildman–Crippen MR) is 91.0 cm³/mol. The first-order valence-corrected chi connectivity index (χ1v) is 8.08. The van der Waals surface area contributed by atoms with Crippen LogP contribution in [0, 0.1) is 15.9 Å². The summed E-state index contributed by atoms with van der Waals surface area (Å²) in [6.45, 7) is 1.11. The number of ether oxygens (including phenoxy) is 1. The van der Waals surface area contributed by atoms with Gasteiger partial charge in [0.15, 0.2) is 0 Å². The summed E-state index contributed by atoms with van der Waals surface area (Å²) in [5.74, 6) is -0.864. The zero-order valence-electron chi connectivity index (χ0n) is 13.5. The van der Waals surface area contributed by atoms with Gasteiger partial charge in [0.2, 0.25) is 5.82 Å². The van der Waals surface area contributed by atoms with Gasteiger partial charge in [-0.2, -0.15) is 4.39 Å². The van der Waals surface area contributed by atoms with Crippen molar-refractivity contribution in [1.29, 1.82) is 0 Å². The first-order valence-electron chi connectivity index (χ1n) is 8.08. The Kier molecular flexibility index (Phi) is 5.25. The average molecular weight is 346 g/mol. The Morgan fingerprint density at radius 3 is 2.76 bits per heavy atom. The fourth-order valence-electron chi connectivity index (χ4n) is 3.15. The highest BCUT2D eigenvalue weighted by Crippen LogP contribution is 2.34. The molecular formula is C18H19FN2O4. The lowest BCUT2D eigenvalue weighted by atomic mass is 10.00. The first-order chi connectivity index (χ1) is 12.1. The zero-order chi connectivity index (χ0) is 17.8. The zero-order valence-corrected chi connectivity index (χ0v) is 13.5. The van der Waals surface area contributed by atoms with Gasteiger partial charge in [-0.1, -0.05) is 36.4 Å². The topological polar surface area (TPSA) is 75.8 Å². The van der Waals surface area contributed by atoms with Crippen molar-refractivity contribution >= 4 is 11.4 Å². The second kappa shape index (κ2) is 7.58. The Bertz CT molecular complexity index is 741. The lowest BCUT2D eigenvalue weighted by Gasteiger charge is -2.38. The van der Waals surface area contributed by atoms with E-state index in [4.69, 9.17) is 4.74 Å². The van der Waals surface area contributed by atoms with Crippen molar-refractivity contribution in [3.05, 3.63) is 70.0 Å². The van der Waals surface area contributed by atoms with Crippen LogP contribution in [0.15, 0.2) is 48.5 Å². The van der Waals surface area contributed by atoms with Gasteiger partial charge in [-0.15, -0.1) is 0 Å². The van der Waals surface area contributed by atoms with Gasteiger partial charge in [0.25, 0.3) is 0 Å². The number of hydrogen-bond donors (Lipinski definition) is 1. The molecule has 25 heavy (non-hydrogen) atoms. The summed E-state index contributed by atoms with van der Waals surface area (Å²) >= 11 is 0. The van der Waals surface area contributed by atoms with Crippen molar-refractivity contribution in [3.63, 3.8) is 0 Å². The minimum atomic E-state index is -0.864. The number of halogens is 1. The predicted octanol–water partition coefficient (Wildman–Crippen LogP) is 3.06. The van der Waals surface area contributed by atoms with Crippen LogP contribution in [0.1, 0.15) is 18.1 Å². The Labute approximate surface area is 144 Å². The quantitative estimate of drug-likeness (QED) is 0.665. The maximum atomic E-state index is 14.0. The fourth-order valence-corrected chi connectivity index (χ4v) is 3.15. The first kappa shape index (κ1) is 17.3. The second-order valence-corrected chi connectivity index (χ2v) is 5.95. The molecule has 0 amide bonds. The largest absolute Gasteiger partial charge is 0.388 e. The standard InChI is InChI=1S/C18H19FN2O4/c19-15-7-4-8-16(18(15)21(23)24)20-9-10-25-12-14(20)11-17(22)13-5-2-1-3-6-13/h1-8,14,17,22H,9-12H2/t14-,17+/m0/s1. The van der Waals surface area contributed by atoms with E-state index in [9.17, 15) is 19.6 Å². The molecule has 7 heteroatoms. The molecule has 1 heterocycles. The molecule has 2 aromatic rings. The second-order valence-electron chi connectivity index (χ2n) is 5.95. The van der Waals surface area contributed by atoms with Crippen LogP contribution in [0.5, 0.6) is 0 Å². The van der Waals surface area contributed by atoms with E-state index in [0.717, 1.165) is 11.6 Å². The molecule has 0 bridgehead atoms. The Balaban J connectivity index is 1.87. The van der Waals surface area contributed by atoms with Crippen molar-refractivity contribution in [2.75, 3.05) is 24.7 Å².